The topological polar surface area (TPSA) is 134 Å². The van der Waals surface area contributed by atoms with E-state index in [0.717, 1.165) is 0 Å². The standard InChI is InChI=1S/C27H39N3O7/c1-9-18-11-13-19(14-12-18)22(23(33)28-16-15-21(32)36-10-2)30(26(3,4)5)24(34)20(17-31)29-25(35)37-27(6,7)8/h1,11-14,20,22,31H,10,15-17H2,2-8H3,(H,28,33)(H,29,35). The third-order valence-corrected chi connectivity index (χ3v) is 4.97. The zero-order valence-corrected chi connectivity index (χ0v) is 22.7. The van der Waals surface area contributed by atoms with Gasteiger partial charge in [-0.2, -0.15) is 0 Å². The molecule has 0 spiro atoms. The van der Waals surface area contributed by atoms with Gasteiger partial charge in [-0.3, -0.25) is 14.4 Å². The van der Waals surface area contributed by atoms with Gasteiger partial charge in [-0.1, -0.05) is 18.1 Å². The summed E-state index contributed by atoms with van der Waals surface area (Å²) in [6, 6.07) is 3.99. The van der Waals surface area contributed by atoms with Crippen LogP contribution < -0.4 is 10.6 Å². The minimum Gasteiger partial charge on any atom is -0.466 e. The van der Waals surface area contributed by atoms with Crippen molar-refractivity contribution in [1.29, 1.82) is 0 Å². The first-order valence-corrected chi connectivity index (χ1v) is 12.1. The van der Waals surface area contributed by atoms with Crippen LogP contribution in [-0.2, 0) is 23.9 Å². The highest BCUT2D eigenvalue weighted by Crippen LogP contribution is 2.30. The van der Waals surface area contributed by atoms with Crippen molar-refractivity contribution in [2.45, 2.75) is 78.1 Å². The van der Waals surface area contributed by atoms with E-state index in [2.05, 4.69) is 16.6 Å². The summed E-state index contributed by atoms with van der Waals surface area (Å²) in [6.45, 7) is 11.3. The summed E-state index contributed by atoms with van der Waals surface area (Å²) in [4.78, 5) is 52.6. The van der Waals surface area contributed by atoms with Gasteiger partial charge in [0, 0.05) is 17.6 Å². The highest BCUT2D eigenvalue weighted by molar-refractivity contribution is 5.92. The maximum atomic E-state index is 13.7. The van der Waals surface area contributed by atoms with Gasteiger partial charge in [0.15, 0.2) is 0 Å². The number of esters is 1. The van der Waals surface area contributed by atoms with Crippen molar-refractivity contribution >= 4 is 23.9 Å². The quantitative estimate of drug-likeness (QED) is 0.320. The molecule has 0 aliphatic heterocycles. The zero-order valence-electron chi connectivity index (χ0n) is 22.7. The van der Waals surface area contributed by atoms with E-state index in [1.54, 1.807) is 72.7 Å². The van der Waals surface area contributed by atoms with Crippen LogP contribution in [0.5, 0.6) is 0 Å². The fraction of sp³-hybridized carbons (Fsp3) is 0.556. The Balaban J connectivity index is 3.40. The lowest BCUT2D eigenvalue weighted by molar-refractivity contribution is -0.149. The van der Waals surface area contributed by atoms with E-state index in [0.29, 0.717) is 11.1 Å². The molecule has 0 aromatic heterocycles. The Hall–Kier alpha value is -3.58. The number of nitrogens with zero attached hydrogens (tertiary/aromatic N) is 1. The molecule has 3 N–H and O–H groups in total. The maximum Gasteiger partial charge on any atom is 0.408 e. The molecule has 3 amide bonds. The molecule has 204 valence electrons. The van der Waals surface area contributed by atoms with Crippen molar-refractivity contribution in [2.24, 2.45) is 0 Å². The second-order valence-electron chi connectivity index (χ2n) is 10.3. The number of ether oxygens (including phenoxy) is 2. The SMILES string of the molecule is C#Cc1ccc(C(C(=O)NCCC(=O)OCC)N(C(=O)C(CO)NC(=O)OC(C)(C)C)C(C)(C)C)cc1. The molecule has 2 atom stereocenters. The number of terminal acetylenes is 1. The van der Waals surface area contributed by atoms with Gasteiger partial charge in [0.2, 0.25) is 11.8 Å². The minimum atomic E-state index is -1.38. The number of rotatable bonds is 10. The third kappa shape index (κ3) is 10.1. The van der Waals surface area contributed by atoms with Crippen LogP contribution in [0.2, 0.25) is 0 Å². The highest BCUT2D eigenvalue weighted by atomic mass is 16.6. The summed E-state index contributed by atoms with van der Waals surface area (Å²) >= 11 is 0. The van der Waals surface area contributed by atoms with Crippen LogP contribution in [-0.4, -0.2) is 70.8 Å². The summed E-state index contributed by atoms with van der Waals surface area (Å²) in [5.41, 5.74) is -0.728. The largest absolute Gasteiger partial charge is 0.466 e. The van der Waals surface area contributed by atoms with Crippen LogP contribution in [0.15, 0.2) is 24.3 Å². The molecule has 0 saturated carbocycles. The summed E-state index contributed by atoms with van der Waals surface area (Å²) in [5, 5.41) is 15.1. The average molecular weight is 518 g/mol. The lowest BCUT2D eigenvalue weighted by Crippen LogP contribution is -2.59. The van der Waals surface area contributed by atoms with Gasteiger partial charge in [-0.25, -0.2) is 4.79 Å². The molecule has 0 aliphatic carbocycles. The Bertz CT molecular complexity index is 985. The molecule has 37 heavy (non-hydrogen) atoms. The van der Waals surface area contributed by atoms with Crippen molar-refractivity contribution in [3.8, 4) is 12.3 Å². The molecule has 2 unspecified atom stereocenters. The molecule has 0 radical (unpaired) electrons. The van der Waals surface area contributed by atoms with Crippen molar-refractivity contribution in [1.82, 2.24) is 15.5 Å². The highest BCUT2D eigenvalue weighted by Gasteiger charge is 2.41. The monoisotopic (exact) mass is 517 g/mol. The van der Waals surface area contributed by atoms with Gasteiger partial charge in [0.1, 0.15) is 17.7 Å². The third-order valence-electron chi connectivity index (χ3n) is 4.97. The normalized spacial score (nSPS) is 12.9. The van der Waals surface area contributed by atoms with E-state index < -0.39 is 53.7 Å². The van der Waals surface area contributed by atoms with E-state index in [9.17, 15) is 24.3 Å². The van der Waals surface area contributed by atoms with Gasteiger partial charge in [0.25, 0.3) is 0 Å². The van der Waals surface area contributed by atoms with Crippen LogP contribution in [0.25, 0.3) is 0 Å². The fourth-order valence-electron chi connectivity index (χ4n) is 3.45. The molecule has 0 saturated heterocycles. The summed E-state index contributed by atoms with van der Waals surface area (Å²) in [7, 11) is 0. The summed E-state index contributed by atoms with van der Waals surface area (Å²) in [6.07, 6.45) is 4.53. The van der Waals surface area contributed by atoms with E-state index in [1.165, 1.54) is 4.90 Å². The second kappa shape index (κ2) is 13.7. The molecule has 1 aromatic rings. The molecular formula is C27H39N3O7. The molecule has 0 fully saturated rings. The lowest BCUT2D eigenvalue weighted by Gasteiger charge is -2.42. The Morgan fingerprint density at radius 1 is 1.08 bits per heavy atom. The van der Waals surface area contributed by atoms with E-state index in [-0.39, 0.29) is 19.6 Å². The lowest BCUT2D eigenvalue weighted by atomic mass is 9.95. The first-order valence-electron chi connectivity index (χ1n) is 12.1. The average Bonchev–Trinajstić information content (AvgIpc) is 2.78. The van der Waals surface area contributed by atoms with Crippen molar-refractivity contribution in [2.75, 3.05) is 19.8 Å². The molecule has 0 aliphatic rings. The number of aliphatic hydroxyl groups is 1. The maximum absolute atomic E-state index is 13.7. The Labute approximate surface area is 219 Å². The number of alkyl carbamates (subject to hydrolysis) is 1. The van der Waals surface area contributed by atoms with Gasteiger partial charge in [-0.05, 0) is 66.2 Å². The smallest absolute Gasteiger partial charge is 0.408 e. The first kappa shape index (κ1) is 31.4. The summed E-state index contributed by atoms with van der Waals surface area (Å²) in [5.74, 6) is 0.773. The zero-order chi connectivity index (χ0) is 28.4. The van der Waals surface area contributed by atoms with Crippen LogP contribution in [0.3, 0.4) is 0 Å². The molecular weight excluding hydrogens is 478 g/mol. The molecule has 1 rings (SSSR count). The molecule has 10 heteroatoms. The molecule has 0 bridgehead atoms. The Morgan fingerprint density at radius 2 is 1.68 bits per heavy atom. The Morgan fingerprint density at radius 3 is 2.14 bits per heavy atom. The first-order chi connectivity index (χ1) is 17.1. The van der Waals surface area contributed by atoms with Crippen LogP contribution in [0.4, 0.5) is 4.79 Å². The molecule has 10 nitrogen and oxygen atoms in total. The minimum absolute atomic E-state index is 0.0115. The van der Waals surface area contributed by atoms with Gasteiger partial charge >= 0.3 is 12.1 Å². The van der Waals surface area contributed by atoms with Gasteiger partial charge in [0.05, 0.1) is 19.6 Å². The number of hydrogen-bond donors (Lipinski definition) is 3. The van der Waals surface area contributed by atoms with E-state index in [4.69, 9.17) is 15.9 Å². The number of carbonyl (C=O) groups is 4. The van der Waals surface area contributed by atoms with Crippen molar-refractivity contribution in [3.63, 3.8) is 0 Å². The number of amides is 3. The molecule has 0 heterocycles. The van der Waals surface area contributed by atoms with Crippen LogP contribution in [0.1, 0.15) is 72.1 Å². The Kier molecular flexibility index (Phi) is 11.6. The number of nitrogens with one attached hydrogen (secondary N) is 2. The second-order valence-corrected chi connectivity index (χ2v) is 10.3. The number of hydrogen-bond acceptors (Lipinski definition) is 7. The van der Waals surface area contributed by atoms with E-state index in [1.807, 2.05) is 0 Å². The number of aliphatic hydroxyl groups excluding tert-OH is 1. The fourth-order valence-corrected chi connectivity index (χ4v) is 3.45. The van der Waals surface area contributed by atoms with Crippen LogP contribution in [0, 0.1) is 12.3 Å². The van der Waals surface area contributed by atoms with Gasteiger partial charge in [-0.15, -0.1) is 6.42 Å². The summed E-state index contributed by atoms with van der Waals surface area (Å²) < 4.78 is 10.1. The van der Waals surface area contributed by atoms with Crippen LogP contribution >= 0.6 is 0 Å². The van der Waals surface area contributed by atoms with Gasteiger partial charge < -0.3 is 30.1 Å². The van der Waals surface area contributed by atoms with Crippen molar-refractivity contribution in [3.05, 3.63) is 35.4 Å². The molecule has 1 aromatic carbocycles. The van der Waals surface area contributed by atoms with E-state index >= 15 is 0 Å². The number of carbonyl (C=O) groups excluding carboxylic acids is 4. The van der Waals surface area contributed by atoms with Crippen molar-refractivity contribution < 1.29 is 33.8 Å². The predicted molar refractivity (Wildman–Crippen MR) is 138 cm³/mol. The predicted octanol–water partition coefficient (Wildman–Crippen LogP) is 2.29. The number of benzene rings is 1.